The maximum Gasteiger partial charge on any atom is 0.219 e. The van der Waals surface area contributed by atoms with E-state index >= 15 is 0 Å². The van der Waals surface area contributed by atoms with Gasteiger partial charge in [-0.3, -0.25) is 0 Å². The molecule has 0 aliphatic carbocycles. The van der Waals surface area contributed by atoms with E-state index in [1.807, 2.05) is 6.07 Å². The van der Waals surface area contributed by atoms with Crippen LogP contribution in [0.4, 0.5) is 4.39 Å². The number of rotatable bonds is 2. The molecular weight excluding hydrogens is 207 g/mol. The molecule has 1 heterocycles. The third-order valence-corrected chi connectivity index (χ3v) is 1.91. The molecule has 2 aromatic rings. The summed E-state index contributed by atoms with van der Waals surface area (Å²) in [5.74, 6) is -0.214. The Morgan fingerprint density at radius 2 is 2.12 bits per heavy atom. The highest BCUT2D eigenvalue weighted by Gasteiger charge is 2.06. The summed E-state index contributed by atoms with van der Waals surface area (Å²) in [5.41, 5.74) is 0.255. The van der Waals surface area contributed by atoms with E-state index < -0.39 is 5.82 Å². The van der Waals surface area contributed by atoms with Gasteiger partial charge in [-0.2, -0.15) is 5.26 Å². The molecule has 0 saturated heterocycles. The normalized spacial score (nSPS) is 9.50. The second kappa shape index (κ2) is 4.41. The van der Waals surface area contributed by atoms with Crippen molar-refractivity contribution in [3.8, 4) is 17.7 Å². The molecule has 3 nitrogen and oxygen atoms in total. The third kappa shape index (κ3) is 2.15. The molecule has 0 aliphatic heterocycles. The Morgan fingerprint density at radius 1 is 1.25 bits per heavy atom. The van der Waals surface area contributed by atoms with Gasteiger partial charge in [-0.25, -0.2) is 9.37 Å². The molecule has 0 aliphatic rings. The first-order valence-electron chi connectivity index (χ1n) is 4.58. The maximum absolute atomic E-state index is 13.4. The van der Waals surface area contributed by atoms with Gasteiger partial charge < -0.3 is 4.74 Å². The molecule has 4 heteroatoms. The lowest BCUT2D eigenvalue weighted by Crippen LogP contribution is -1.90. The first-order valence-corrected chi connectivity index (χ1v) is 4.58. The summed E-state index contributed by atoms with van der Waals surface area (Å²) in [6.07, 6.45) is 1.55. The van der Waals surface area contributed by atoms with E-state index in [9.17, 15) is 4.39 Å². The fraction of sp³-hybridized carbons (Fsp3) is 0. The molecule has 0 saturated carbocycles. The molecule has 0 fully saturated rings. The van der Waals surface area contributed by atoms with Crippen molar-refractivity contribution in [1.82, 2.24) is 4.98 Å². The van der Waals surface area contributed by atoms with Crippen LogP contribution < -0.4 is 4.74 Å². The van der Waals surface area contributed by atoms with Gasteiger partial charge in [0.1, 0.15) is 0 Å². The van der Waals surface area contributed by atoms with Crippen LogP contribution in [0.1, 0.15) is 5.56 Å². The van der Waals surface area contributed by atoms with Gasteiger partial charge in [0.2, 0.25) is 5.88 Å². The Morgan fingerprint density at radius 3 is 2.75 bits per heavy atom. The number of hydrogen-bond donors (Lipinski definition) is 0. The average molecular weight is 214 g/mol. The van der Waals surface area contributed by atoms with E-state index in [1.165, 1.54) is 12.1 Å². The van der Waals surface area contributed by atoms with Crippen molar-refractivity contribution in [2.24, 2.45) is 0 Å². The van der Waals surface area contributed by atoms with E-state index in [2.05, 4.69) is 4.98 Å². The molecule has 0 atom stereocenters. The Hall–Kier alpha value is -2.41. The molecule has 2 rings (SSSR count). The molecule has 1 aromatic heterocycles. The summed E-state index contributed by atoms with van der Waals surface area (Å²) in [6.45, 7) is 0. The van der Waals surface area contributed by atoms with Crippen LogP contribution in [0.2, 0.25) is 0 Å². The summed E-state index contributed by atoms with van der Waals surface area (Å²) < 4.78 is 18.6. The molecule has 0 unspecified atom stereocenters. The van der Waals surface area contributed by atoms with Crippen molar-refractivity contribution in [2.75, 3.05) is 0 Å². The van der Waals surface area contributed by atoms with E-state index in [-0.39, 0.29) is 11.3 Å². The predicted octanol–water partition coefficient (Wildman–Crippen LogP) is 2.88. The lowest BCUT2D eigenvalue weighted by molar-refractivity contribution is 0.427. The largest absolute Gasteiger partial charge is 0.436 e. The molecule has 78 valence electrons. The lowest BCUT2D eigenvalue weighted by Gasteiger charge is -2.04. The van der Waals surface area contributed by atoms with Gasteiger partial charge in [0.15, 0.2) is 11.6 Å². The van der Waals surface area contributed by atoms with E-state index in [1.54, 1.807) is 24.4 Å². The van der Waals surface area contributed by atoms with Crippen LogP contribution in [0.25, 0.3) is 0 Å². The molecule has 0 N–H and O–H groups in total. The Balaban J connectivity index is 2.27. The summed E-state index contributed by atoms with van der Waals surface area (Å²) in [6, 6.07) is 11.0. The van der Waals surface area contributed by atoms with Crippen LogP contribution in [-0.4, -0.2) is 4.98 Å². The van der Waals surface area contributed by atoms with Gasteiger partial charge in [0, 0.05) is 12.3 Å². The van der Waals surface area contributed by atoms with Crippen LogP contribution in [0.5, 0.6) is 11.6 Å². The Labute approximate surface area is 91.7 Å². The zero-order chi connectivity index (χ0) is 11.4. The van der Waals surface area contributed by atoms with Gasteiger partial charge in [-0.05, 0) is 24.3 Å². The summed E-state index contributed by atoms with van der Waals surface area (Å²) in [7, 11) is 0. The molecule has 0 spiro atoms. The number of nitriles is 1. The molecule has 0 bridgehead atoms. The van der Waals surface area contributed by atoms with Crippen LogP contribution in [0, 0.1) is 17.1 Å². The van der Waals surface area contributed by atoms with Gasteiger partial charge in [0.05, 0.1) is 11.6 Å². The van der Waals surface area contributed by atoms with Crippen molar-refractivity contribution >= 4 is 0 Å². The number of aromatic nitrogens is 1. The molecule has 0 amide bonds. The molecule has 16 heavy (non-hydrogen) atoms. The lowest BCUT2D eigenvalue weighted by atomic mass is 10.2. The molecule has 0 radical (unpaired) electrons. The average Bonchev–Trinajstić information content (AvgIpc) is 2.33. The zero-order valence-electron chi connectivity index (χ0n) is 8.22. The second-order valence-electron chi connectivity index (χ2n) is 3.03. The minimum Gasteiger partial charge on any atom is -0.436 e. The fourth-order valence-electron chi connectivity index (χ4n) is 1.17. The van der Waals surface area contributed by atoms with Gasteiger partial charge in [0.25, 0.3) is 0 Å². The first-order chi connectivity index (χ1) is 7.79. The van der Waals surface area contributed by atoms with Gasteiger partial charge in [-0.1, -0.05) is 6.07 Å². The van der Waals surface area contributed by atoms with Crippen LogP contribution >= 0.6 is 0 Å². The Kier molecular flexibility index (Phi) is 2.79. The smallest absolute Gasteiger partial charge is 0.219 e. The number of benzene rings is 1. The minimum atomic E-state index is -0.579. The van der Waals surface area contributed by atoms with Crippen LogP contribution in [0.15, 0.2) is 42.6 Å². The highest BCUT2D eigenvalue weighted by atomic mass is 19.1. The third-order valence-electron chi connectivity index (χ3n) is 1.91. The van der Waals surface area contributed by atoms with Gasteiger partial charge in [-0.15, -0.1) is 0 Å². The van der Waals surface area contributed by atoms with Gasteiger partial charge >= 0.3 is 0 Å². The van der Waals surface area contributed by atoms with E-state index in [4.69, 9.17) is 10.00 Å². The standard InChI is InChI=1S/C12H7FN2O/c13-10-7-9(8-14)4-5-11(10)16-12-3-1-2-6-15-12/h1-7H. The SMILES string of the molecule is N#Cc1ccc(Oc2ccccn2)c(F)c1. The number of nitrogens with zero attached hydrogens (tertiary/aromatic N) is 2. The number of pyridine rings is 1. The van der Waals surface area contributed by atoms with Crippen molar-refractivity contribution in [1.29, 1.82) is 5.26 Å². The van der Waals surface area contributed by atoms with Crippen molar-refractivity contribution in [3.63, 3.8) is 0 Å². The highest BCUT2D eigenvalue weighted by Crippen LogP contribution is 2.23. The Bertz CT molecular complexity index is 534. The number of hydrogen-bond acceptors (Lipinski definition) is 3. The van der Waals surface area contributed by atoms with Crippen molar-refractivity contribution in [3.05, 3.63) is 54.0 Å². The molecule has 1 aromatic carbocycles. The monoisotopic (exact) mass is 214 g/mol. The summed E-state index contributed by atoms with van der Waals surface area (Å²) >= 11 is 0. The van der Waals surface area contributed by atoms with Crippen molar-refractivity contribution < 1.29 is 9.13 Å². The zero-order valence-corrected chi connectivity index (χ0v) is 8.22. The highest BCUT2D eigenvalue weighted by molar-refractivity contribution is 5.37. The topological polar surface area (TPSA) is 45.9 Å². The van der Waals surface area contributed by atoms with Crippen molar-refractivity contribution in [2.45, 2.75) is 0 Å². The number of halogens is 1. The van der Waals surface area contributed by atoms with E-state index in [0.29, 0.717) is 5.88 Å². The minimum absolute atomic E-state index is 0.0534. The maximum atomic E-state index is 13.4. The summed E-state index contributed by atoms with van der Waals surface area (Å²) in [4.78, 5) is 3.90. The van der Waals surface area contributed by atoms with Crippen LogP contribution in [-0.2, 0) is 0 Å². The fourth-order valence-corrected chi connectivity index (χ4v) is 1.17. The second-order valence-corrected chi connectivity index (χ2v) is 3.03. The van der Waals surface area contributed by atoms with Crippen LogP contribution in [0.3, 0.4) is 0 Å². The summed E-state index contributed by atoms with van der Waals surface area (Å²) in [5, 5.41) is 8.57. The number of ether oxygens (including phenoxy) is 1. The predicted molar refractivity (Wildman–Crippen MR) is 55.4 cm³/mol. The first kappa shape index (κ1) is 10.1. The molecular formula is C12H7FN2O. The van der Waals surface area contributed by atoms with E-state index in [0.717, 1.165) is 6.07 Å². The quantitative estimate of drug-likeness (QED) is 0.772.